The highest BCUT2D eigenvalue weighted by atomic mass is 16.5. The molecule has 2 bridgehead atoms. The van der Waals surface area contributed by atoms with Gasteiger partial charge in [-0.1, -0.05) is 30.3 Å². The Balaban J connectivity index is 1.45. The maximum atomic E-state index is 13.0. The first kappa shape index (κ1) is 21.0. The first-order valence-corrected chi connectivity index (χ1v) is 10.6. The highest BCUT2D eigenvalue weighted by Crippen LogP contribution is 2.44. The molecule has 0 spiro atoms. The van der Waals surface area contributed by atoms with Crippen LogP contribution in [0.4, 0.5) is 5.69 Å². The molecule has 9 heteroatoms. The second-order valence-electron chi connectivity index (χ2n) is 7.91. The van der Waals surface area contributed by atoms with E-state index in [1.54, 1.807) is 10.9 Å². The number of aromatic nitrogens is 2. The standard InChI is InChI=1S/C22H26N4O5/c1-2-26-12-14(19(25-26)21(28)23-11-10-13-6-4-3-5-7-13)24-20(27)17-15-8-9-16(31-15)18(17)22(29)30/h3-7,12,15-18H,2,8-11H2,1H3,(H,23,28)(H,24,27)(H,29,30)/t15-,16-,17-,18-/m1/s1. The molecule has 2 saturated heterocycles. The van der Waals surface area contributed by atoms with Crippen LogP contribution in [-0.4, -0.2) is 51.4 Å². The second kappa shape index (κ2) is 8.89. The Labute approximate surface area is 179 Å². The zero-order valence-corrected chi connectivity index (χ0v) is 17.3. The molecule has 2 amide bonds. The molecule has 9 nitrogen and oxygen atoms in total. The number of hydrogen-bond donors (Lipinski definition) is 3. The molecule has 31 heavy (non-hydrogen) atoms. The molecule has 0 saturated carbocycles. The normalized spacial score (nSPS) is 24.2. The molecule has 2 fully saturated rings. The van der Waals surface area contributed by atoms with Crippen molar-refractivity contribution in [3.05, 3.63) is 47.8 Å². The Bertz CT molecular complexity index is 974. The average Bonchev–Trinajstić information content (AvgIpc) is 3.48. The van der Waals surface area contributed by atoms with Crippen molar-refractivity contribution < 1.29 is 24.2 Å². The summed E-state index contributed by atoms with van der Waals surface area (Å²) >= 11 is 0. The van der Waals surface area contributed by atoms with Crippen molar-refractivity contribution in [2.24, 2.45) is 11.8 Å². The van der Waals surface area contributed by atoms with Crippen LogP contribution in [-0.2, 0) is 27.3 Å². The lowest BCUT2D eigenvalue weighted by atomic mass is 9.78. The van der Waals surface area contributed by atoms with Crippen molar-refractivity contribution in [3.63, 3.8) is 0 Å². The van der Waals surface area contributed by atoms with Gasteiger partial charge in [-0.2, -0.15) is 5.10 Å². The van der Waals surface area contributed by atoms with Crippen LogP contribution in [0.15, 0.2) is 36.5 Å². The van der Waals surface area contributed by atoms with E-state index in [0.29, 0.717) is 32.4 Å². The van der Waals surface area contributed by atoms with Crippen LogP contribution in [0.5, 0.6) is 0 Å². The van der Waals surface area contributed by atoms with Crippen molar-refractivity contribution in [2.75, 3.05) is 11.9 Å². The minimum atomic E-state index is -1.03. The van der Waals surface area contributed by atoms with Crippen molar-refractivity contribution in [1.82, 2.24) is 15.1 Å². The molecule has 0 aliphatic carbocycles. The number of nitrogens with zero attached hydrogens (tertiary/aromatic N) is 2. The van der Waals surface area contributed by atoms with Gasteiger partial charge in [0.05, 0.1) is 29.7 Å². The first-order chi connectivity index (χ1) is 15.0. The fourth-order valence-electron chi connectivity index (χ4n) is 4.43. The topological polar surface area (TPSA) is 123 Å². The van der Waals surface area contributed by atoms with Gasteiger partial charge in [-0.3, -0.25) is 19.1 Å². The smallest absolute Gasteiger partial charge is 0.310 e. The highest BCUT2D eigenvalue weighted by molar-refractivity contribution is 6.03. The molecule has 3 heterocycles. The summed E-state index contributed by atoms with van der Waals surface area (Å²) < 4.78 is 7.24. The Hall–Kier alpha value is -3.20. The van der Waals surface area contributed by atoms with E-state index in [9.17, 15) is 19.5 Å². The number of ether oxygens (including phenoxy) is 1. The summed E-state index contributed by atoms with van der Waals surface area (Å²) in [6.07, 6.45) is 2.73. The van der Waals surface area contributed by atoms with Crippen molar-refractivity contribution in [3.8, 4) is 0 Å². The largest absolute Gasteiger partial charge is 0.481 e. The van der Waals surface area contributed by atoms with E-state index in [0.717, 1.165) is 5.56 Å². The number of aryl methyl sites for hydroxylation is 1. The van der Waals surface area contributed by atoms with Crippen LogP contribution >= 0.6 is 0 Å². The number of benzene rings is 1. The second-order valence-corrected chi connectivity index (χ2v) is 7.91. The molecular weight excluding hydrogens is 400 g/mol. The number of carbonyl (C=O) groups is 3. The van der Waals surface area contributed by atoms with Gasteiger partial charge in [-0.05, 0) is 31.7 Å². The van der Waals surface area contributed by atoms with E-state index in [2.05, 4.69) is 15.7 Å². The zero-order chi connectivity index (χ0) is 22.0. The number of rotatable bonds is 8. The van der Waals surface area contributed by atoms with E-state index in [-0.39, 0.29) is 11.4 Å². The van der Waals surface area contributed by atoms with Gasteiger partial charge in [0.2, 0.25) is 5.91 Å². The SMILES string of the molecule is CCn1cc(NC(=O)[C@H]2[C@H](C(=O)O)[C@H]3CC[C@H]2O3)c(C(=O)NCCc2ccccc2)n1. The lowest BCUT2D eigenvalue weighted by Gasteiger charge is -2.23. The van der Waals surface area contributed by atoms with Crippen LogP contribution in [0.1, 0.15) is 35.8 Å². The quantitative estimate of drug-likeness (QED) is 0.590. The van der Waals surface area contributed by atoms with Crippen molar-refractivity contribution >= 4 is 23.5 Å². The van der Waals surface area contributed by atoms with Crippen LogP contribution in [0, 0.1) is 11.8 Å². The molecule has 0 unspecified atom stereocenters. The third-order valence-corrected chi connectivity index (χ3v) is 5.96. The van der Waals surface area contributed by atoms with Gasteiger partial charge in [-0.15, -0.1) is 0 Å². The molecule has 3 N–H and O–H groups in total. The summed E-state index contributed by atoms with van der Waals surface area (Å²) in [5.74, 6) is -3.53. The van der Waals surface area contributed by atoms with Gasteiger partial charge in [0.15, 0.2) is 5.69 Å². The Morgan fingerprint density at radius 1 is 1.16 bits per heavy atom. The molecule has 1 aromatic heterocycles. The number of aliphatic carboxylic acids is 1. The Morgan fingerprint density at radius 3 is 2.55 bits per heavy atom. The Morgan fingerprint density at radius 2 is 1.87 bits per heavy atom. The third kappa shape index (κ3) is 4.32. The number of fused-ring (bicyclic) bond motifs is 2. The summed E-state index contributed by atoms with van der Waals surface area (Å²) in [5, 5.41) is 19.4. The molecule has 4 atom stereocenters. The maximum Gasteiger partial charge on any atom is 0.310 e. The Kier molecular flexibility index (Phi) is 6.03. The predicted molar refractivity (Wildman–Crippen MR) is 112 cm³/mol. The van der Waals surface area contributed by atoms with Crippen molar-refractivity contribution in [2.45, 2.75) is 44.9 Å². The van der Waals surface area contributed by atoms with E-state index in [4.69, 9.17) is 4.74 Å². The maximum absolute atomic E-state index is 13.0. The molecule has 164 valence electrons. The lowest BCUT2D eigenvalue weighted by Crippen LogP contribution is -2.41. The number of nitrogens with one attached hydrogen (secondary N) is 2. The first-order valence-electron chi connectivity index (χ1n) is 10.6. The summed E-state index contributed by atoms with van der Waals surface area (Å²) in [6.45, 7) is 2.82. The van der Waals surface area contributed by atoms with Gasteiger partial charge in [0.1, 0.15) is 0 Å². The molecule has 1 aromatic carbocycles. The number of hydrogen-bond acceptors (Lipinski definition) is 5. The molecular formula is C22H26N4O5. The number of carboxylic acids is 1. The van der Waals surface area contributed by atoms with Gasteiger partial charge in [0.25, 0.3) is 5.91 Å². The summed E-state index contributed by atoms with van der Waals surface area (Å²) in [5.41, 5.74) is 1.49. The van der Waals surface area contributed by atoms with Gasteiger partial charge >= 0.3 is 5.97 Å². The fourth-order valence-corrected chi connectivity index (χ4v) is 4.43. The summed E-state index contributed by atoms with van der Waals surface area (Å²) in [4.78, 5) is 37.4. The highest BCUT2D eigenvalue weighted by Gasteiger charge is 2.55. The van der Waals surface area contributed by atoms with Crippen LogP contribution in [0.25, 0.3) is 0 Å². The van der Waals surface area contributed by atoms with Gasteiger partial charge in [0, 0.05) is 19.3 Å². The van der Waals surface area contributed by atoms with Gasteiger partial charge in [-0.25, -0.2) is 0 Å². The lowest BCUT2D eigenvalue weighted by molar-refractivity contribution is -0.147. The van der Waals surface area contributed by atoms with E-state index < -0.39 is 41.8 Å². The molecule has 2 aromatic rings. The van der Waals surface area contributed by atoms with E-state index in [1.165, 1.54) is 0 Å². The van der Waals surface area contributed by atoms with Crippen molar-refractivity contribution in [1.29, 1.82) is 0 Å². The number of amides is 2. The minimum absolute atomic E-state index is 0.110. The van der Waals surface area contributed by atoms with E-state index >= 15 is 0 Å². The fraction of sp³-hybridized carbons (Fsp3) is 0.455. The van der Waals surface area contributed by atoms with Crippen LogP contribution in [0.3, 0.4) is 0 Å². The van der Waals surface area contributed by atoms with Crippen LogP contribution in [0.2, 0.25) is 0 Å². The molecule has 2 aliphatic heterocycles. The zero-order valence-electron chi connectivity index (χ0n) is 17.3. The predicted octanol–water partition coefficient (Wildman–Crippen LogP) is 1.69. The van der Waals surface area contributed by atoms with Crippen LogP contribution < -0.4 is 10.6 Å². The molecule has 4 rings (SSSR count). The summed E-state index contributed by atoms with van der Waals surface area (Å²) in [6, 6.07) is 9.79. The number of carbonyl (C=O) groups excluding carboxylic acids is 2. The average molecular weight is 426 g/mol. The summed E-state index contributed by atoms with van der Waals surface area (Å²) in [7, 11) is 0. The minimum Gasteiger partial charge on any atom is -0.481 e. The number of carboxylic acid groups (broad SMARTS) is 1. The van der Waals surface area contributed by atoms with E-state index in [1.807, 2.05) is 37.3 Å². The molecule has 0 radical (unpaired) electrons. The number of anilines is 1. The monoisotopic (exact) mass is 426 g/mol. The molecule has 2 aliphatic rings. The third-order valence-electron chi connectivity index (χ3n) is 5.96. The van der Waals surface area contributed by atoms with Gasteiger partial charge < -0.3 is 20.5 Å².